The quantitative estimate of drug-likeness (QED) is 0.788. The van der Waals surface area contributed by atoms with E-state index in [-0.39, 0.29) is 0 Å². The van der Waals surface area contributed by atoms with E-state index >= 15 is 0 Å². The Balaban J connectivity index is 2.38. The first-order valence-electron chi connectivity index (χ1n) is 5.65. The molecule has 0 unspecified atom stereocenters. The molecule has 2 rings (SSSR count). The summed E-state index contributed by atoms with van der Waals surface area (Å²) in [5.41, 5.74) is 3.62. The van der Waals surface area contributed by atoms with Crippen LogP contribution in [0.4, 0.5) is 0 Å². The highest BCUT2D eigenvalue weighted by Gasteiger charge is 2.03. The average Bonchev–Trinajstić information content (AvgIpc) is 2.28. The van der Waals surface area contributed by atoms with Crippen molar-refractivity contribution in [1.29, 1.82) is 0 Å². The van der Waals surface area contributed by atoms with Gasteiger partial charge >= 0.3 is 0 Å². The minimum Gasteiger partial charge on any atom is -0.305 e. The Bertz CT molecular complexity index is 492. The molecule has 0 heterocycles. The van der Waals surface area contributed by atoms with Crippen LogP contribution < -0.4 is 0 Å². The Hall–Kier alpha value is -1.31. The monoisotopic (exact) mass is 245 g/mol. The Morgan fingerprint density at radius 1 is 0.941 bits per heavy atom. The van der Waals surface area contributed by atoms with Crippen molar-refractivity contribution < 1.29 is 0 Å². The fourth-order valence-corrected chi connectivity index (χ4v) is 2.16. The standard InChI is InChI=1S/C15H16ClN/c1-17(2)11-12-8-14(10-15(16)9-12)13-6-4-3-5-7-13/h3-10H,11H2,1-2H3. The second kappa shape index (κ2) is 5.35. The zero-order valence-electron chi connectivity index (χ0n) is 10.2. The number of benzene rings is 2. The van der Waals surface area contributed by atoms with Gasteiger partial charge in [-0.05, 0) is 49.0 Å². The van der Waals surface area contributed by atoms with Gasteiger partial charge in [0.2, 0.25) is 0 Å². The summed E-state index contributed by atoms with van der Waals surface area (Å²) in [4.78, 5) is 2.14. The summed E-state index contributed by atoms with van der Waals surface area (Å²) in [6, 6.07) is 16.5. The van der Waals surface area contributed by atoms with E-state index in [4.69, 9.17) is 11.6 Å². The van der Waals surface area contributed by atoms with Gasteiger partial charge in [-0.15, -0.1) is 0 Å². The van der Waals surface area contributed by atoms with Crippen LogP contribution in [0.1, 0.15) is 5.56 Å². The molecule has 0 aliphatic carbocycles. The Kier molecular flexibility index (Phi) is 3.82. The third-order valence-corrected chi connectivity index (χ3v) is 2.78. The van der Waals surface area contributed by atoms with E-state index < -0.39 is 0 Å². The number of nitrogens with zero attached hydrogens (tertiary/aromatic N) is 1. The van der Waals surface area contributed by atoms with Gasteiger partial charge in [0.25, 0.3) is 0 Å². The summed E-state index contributed by atoms with van der Waals surface area (Å²) in [6.45, 7) is 0.903. The number of halogens is 1. The summed E-state index contributed by atoms with van der Waals surface area (Å²) in [7, 11) is 4.12. The summed E-state index contributed by atoms with van der Waals surface area (Å²) in [6.07, 6.45) is 0. The summed E-state index contributed by atoms with van der Waals surface area (Å²) in [5.74, 6) is 0. The molecule has 0 aliphatic rings. The van der Waals surface area contributed by atoms with Crippen molar-refractivity contribution in [2.45, 2.75) is 6.54 Å². The molecule has 0 atom stereocenters. The van der Waals surface area contributed by atoms with E-state index in [1.54, 1.807) is 0 Å². The van der Waals surface area contributed by atoms with E-state index in [1.165, 1.54) is 16.7 Å². The van der Waals surface area contributed by atoms with Crippen molar-refractivity contribution in [3.63, 3.8) is 0 Å². The molecular weight excluding hydrogens is 230 g/mol. The van der Waals surface area contributed by atoms with Gasteiger partial charge in [0.15, 0.2) is 0 Å². The first kappa shape index (κ1) is 12.2. The van der Waals surface area contributed by atoms with Crippen LogP contribution in [0.3, 0.4) is 0 Å². The lowest BCUT2D eigenvalue weighted by Crippen LogP contribution is -2.10. The van der Waals surface area contributed by atoms with Crippen molar-refractivity contribution in [3.05, 3.63) is 59.1 Å². The molecule has 2 heteroatoms. The maximum Gasteiger partial charge on any atom is 0.0415 e. The highest BCUT2D eigenvalue weighted by molar-refractivity contribution is 6.31. The molecule has 17 heavy (non-hydrogen) atoms. The molecule has 0 amide bonds. The summed E-state index contributed by atoms with van der Waals surface area (Å²) in [5, 5.41) is 0.795. The Morgan fingerprint density at radius 2 is 1.65 bits per heavy atom. The lowest BCUT2D eigenvalue weighted by molar-refractivity contribution is 0.402. The lowest BCUT2D eigenvalue weighted by atomic mass is 10.0. The lowest BCUT2D eigenvalue weighted by Gasteiger charge is -2.12. The highest BCUT2D eigenvalue weighted by atomic mass is 35.5. The first-order chi connectivity index (χ1) is 8.15. The van der Waals surface area contributed by atoms with Crippen molar-refractivity contribution in [2.75, 3.05) is 14.1 Å². The second-order valence-corrected chi connectivity index (χ2v) is 4.89. The molecule has 2 aromatic rings. The molecule has 0 N–H and O–H groups in total. The van der Waals surface area contributed by atoms with Crippen LogP contribution in [0.5, 0.6) is 0 Å². The Labute approximate surface area is 108 Å². The van der Waals surface area contributed by atoms with Gasteiger partial charge in [-0.25, -0.2) is 0 Å². The van der Waals surface area contributed by atoms with Crippen LogP contribution in [0.2, 0.25) is 5.02 Å². The molecule has 2 aromatic carbocycles. The van der Waals surface area contributed by atoms with Crippen molar-refractivity contribution in [3.8, 4) is 11.1 Å². The van der Waals surface area contributed by atoms with E-state index in [1.807, 2.05) is 30.3 Å². The van der Waals surface area contributed by atoms with Gasteiger partial charge in [-0.3, -0.25) is 0 Å². The molecule has 0 spiro atoms. The maximum atomic E-state index is 6.16. The van der Waals surface area contributed by atoms with Crippen molar-refractivity contribution in [1.82, 2.24) is 4.90 Å². The molecule has 88 valence electrons. The van der Waals surface area contributed by atoms with Crippen molar-refractivity contribution >= 4 is 11.6 Å². The highest BCUT2D eigenvalue weighted by Crippen LogP contribution is 2.25. The van der Waals surface area contributed by atoms with E-state index in [0.29, 0.717) is 0 Å². The third kappa shape index (κ3) is 3.32. The number of hydrogen-bond acceptors (Lipinski definition) is 1. The van der Waals surface area contributed by atoms with E-state index in [9.17, 15) is 0 Å². The molecule has 0 aromatic heterocycles. The average molecular weight is 246 g/mol. The summed E-state index contributed by atoms with van der Waals surface area (Å²) < 4.78 is 0. The van der Waals surface area contributed by atoms with Crippen molar-refractivity contribution in [2.24, 2.45) is 0 Å². The zero-order chi connectivity index (χ0) is 12.3. The fourth-order valence-electron chi connectivity index (χ4n) is 1.90. The fraction of sp³-hybridized carbons (Fsp3) is 0.200. The number of hydrogen-bond donors (Lipinski definition) is 0. The molecule has 0 aliphatic heterocycles. The largest absolute Gasteiger partial charge is 0.305 e. The van der Waals surface area contributed by atoms with Gasteiger partial charge in [0.05, 0.1) is 0 Å². The van der Waals surface area contributed by atoms with E-state index in [0.717, 1.165) is 11.6 Å². The smallest absolute Gasteiger partial charge is 0.0415 e. The Morgan fingerprint density at radius 3 is 2.29 bits per heavy atom. The topological polar surface area (TPSA) is 3.24 Å². The minimum absolute atomic E-state index is 0.795. The first-order valence-corrected chi connectivity index (χ1v) is 6.02. The van der Waals surface area contributed by atoms with E-state index in [2.05, 4.69) is 37.2 Å². The maximum absolute atomic E-state index is 6.16. The van der Waals surface area contributed by atoms with Crippen LogP contribution in [0.25, 0.3) is 11.1 Å². The second-order valence-electron chi connectivity index (χ2n) is 4.45. The van der Waals surface area contributed by atoms with Crippen LogP contribution in [-0.4, -0.2) is 19.0 Å². The molecular formula is C15H16ClN. The molecule has 1 nitrogen and oxygen atoms in total. The van der Waals surface area contributed by atoms with Crippen LogP contribution in [0.15, 0.2) is 48.5 Å². The predicted molar refractivity (Wildman–Crippen MR) is 74.3 cm³/mol. The molecule has 0 saturated heterocycles. The minimum atomic E-state index is 0.795. The number of rotatable bonds is 3. The molecule has 0 saturated carbocycles. The van der Waals surface area contributed by atoms with Gasteiger partial charge < -0.3 is 4.90 Å². The molecule has 0 bridgehead atoms. The van der Waals surface area contributed by atoms with Gasteiger partial charge in [0, 0.05) is 11.6 Å². The summed E-state index contributed by atoms with van der Waals surface area (Å²) >= 11 is 6.16. The van der Waals surface area contributed by atoms with Gasteiger partial charge in [-0.2, -0.15) is 0 Å². The molecule has 0 fully saturated rings. The predicted octanol–water partition coefficient (Wildman–Crippen LogP) is 4.07. The SMILES string of the molecule is CN(C)Cc1cc(Cl)cc(-c2ccccc2)c1. The van der Waals surface area contributed by atoms with Crippen LogP contribution in [0, 0.1) is 0 Å². The molecule has 0 radical (unpaired) electrons. The third-order valence-electron chi connectivity index (χ3n) is 2.56. The van der Waals surface area contributed by atoms with Gasteiger partial charge in [-0.1, -0.05) is 41.9 Å². The normalized spacial score (nSPS) is 10.8. The van der Waals surface area contributed by atoms with Crippen LogP contribution in [-0.2, 0) is 6.54 Å². The zero-order valence-corrected chi connectivity index (χ0v) is 10.9. The van der Waals surface area contributed by atoms with Gasteiger partial charge in [0.1, 0.15) is 0 Å². The van der Waals surface area contributed by atoms with Crippen LogP contribution >= 0.6 is 11.6 Å².